The maximum Gasteiger partial charge on any atom is 0.274 e. The van der Waals surface area contributed by atoms with Crippen molar-refractivity contribution in [1.82, 2.24) is 15.4 Å². The van der Waals surface area contributed by atoms with Gasteiger partial charge in [-0.05, 0) is 56.1 Å². The number of aromatic nitrogens is 2. The second-order valence-corrected chi connectivity index (χ2v) is 7.12. The summed E-state index contributed by atoms with van der Waals surface area (Å²) in [4.78, 5) is 30.7. The third kappa shape index (κ3) is 3.29. The molecule has 10 heteroatoms. The monoisotopic (exact) mass is 458 g/mol. The molecule has 0 radical (unpaired) electrons. The lowest BCUT2D eigenvalue weighted by molar-refractivity contribution is 0.0706. The van der Waals surface area contributed by atoms with Crippen molar-refractivity contribution < 1.29 is 14.8 Å². The Kier molecular flexibility index (Phi) is 4.48. The van der Waals surface area contributed by atoms with Gasteiger partial charge in [0, 0.05) is 5.56 Å². The predicted octanol–water partition coefficient (Wildman–Crippen LogP) is 3.52. The first-order valence-corrected chi connectivity index (χ1v) is 8.58. The number of carbonyl (C=O) groups is 2. The summed E-state index contributed by atoms with van der Waals surface area (Å²) in [5, 5.41) is 11.8. The number of anilines is 1. The smallest absolute Gasteiger partial charge is 0.274 e. The van der Waals surface area contributed by atoms with Gasteiger partial charge in [0.05, 0.1) is 19.3 Å². The van der Waals surface area contributed by atoms with Crippen LogP contribution in [0, 0.1) is 0 Å². The zero-order chi connectivity index (χ0) is 16.6. The third-order valence-corrected chi connectivity index (χ3v) is 5.66. The lowest BCUT2D eigenvalue weighted by Crippen LogP contribution is -2.18. The minimum absolute atomic E-state index is 0.304. The van der Waals surface area contributed by atoms with Crippen molar-refractivity contribution in [2.45, 2.75) is 0 Å². The van der Waals surface area contributed by atoms with E-state index in [1.165, 1.54) is 11.3 Å². The number of hydroxylamine groups is 1. The van der Waals surface area contributed by atoms with E-state index in [9.17, 15) is 9.59 Å². The van der Waals surface area contributed by atoms with Gasteiger partial charge in [-0.2, -0.15) is 0 Å². The van der Waals surface area contributed by atoms with Crippen molar-refractivity contribution in [1.29, 1.82) is 0 Å². The van der Waals surface area contributed by atoms with Crippen molar-refractivity contribution in [3.63, 3.8) is 0 Å². The first kappa shape index (κ1) is 16.1. The first-order chi connectivity index (χ1) is 11.0. The highest BCUT2D eigenvalue weighted by molar-refractivity contribution is 9.13. The van der Waals surface area contributed by atoms with E-state index in [-0.39, 0.29) is 5.91 Å². The number of halogens is 2. The molecule has 0 spiro atoms. The number of nitrogens with one attached hydrogen (secondary N) is 3. The fourth-order valence-electron chi connectivity index (χ4n) is 1.87. The molecule has 0 saturated carbocycles. The minimum atomic E-state index is -0.605. The second kappa shape index (κ2) is 6.40. The van der Waals surface area contributed by atoms with Crippen LogP contribution >= 0.6 is 43.2 Å². The number of aromatic amines is 1. The molecule has 0 bridgehead atoms. The van der Waals surface area contributed by atoms with Crippen LogP contribution in [0.1, 0.15) is 20.8 Å². The van der Waals surface area contributed by atoms with E-state index in [4.69, 9.17) is 5.21 Å². The number of nitrogens with zero attached hydrogens (tertiary/aromatic N) is 1. The molecule has 0 aliphatic rings. The number of H-pyrrole nitrogens is 1. The quantitative estimate of drug-likeness (QED) is 0.355. The summed E-state index contributed by atoms with van der Waals surface area (Å²) in [6, 6.07) is 6.43. The molecule has 2 aromatic heterocycles. The van der Waals surface area contributed by atoms with Crippen LogP contribution in [-0.2, 0) is 0 Å². The van der Waals surface area contributed by atoms with Crippen molar-refractivity contribution in [2.24, 2.45) is 0 Å². The summed E-state index contributed by atoms with van der Waals surface area (Å²) in [6.07, 6.45) is 0. The highest BCUT2D eigenvalue weighted by Crippen LogP contribution is 2.28. The predicted molar refractivity (Wildman–Crippen MR) is 93.0 cm³/mol. The Labute approximate surface area is 150 Å². The van der Waals surface area contributed by atoms with Gasteiger partial charge in [0.2, 0.25) is 0 Å². The molecule has 3 rings (SSSR count). The Balaban J connectivity index is 1.85. The fourth-order valence-corrected chi connectivity index (χ4v) is 3.43. The van der Waals surface area contributed by atoms with Crippen molar-refractivity contribution >= 4 is 70.4 Å². The molecular weight excluding hydrogens is 452 g/mol. The van der Waals surface area contributed by atoms with Crippen LogP contribution in [0.25, 0.3) is 10.2 Å². The molecule has 3 aromatic rings. The van der Waals surface area contributed by atoms with Crippen LogP contribution in [0.3, 0.4) is 0 Å². The van der Waals surface area contributed by atoms with E-state index < -0.39 is 5.91 Å². The standard InChI is InChI=1S/C13H8Br2N4O3S/c14-6-4-8(16-10(6)15)12(21)18-13-17-7-2-1-5(11(20)19-22)3-9(7)23-13/h1-4,16,22H,(H,19,20)(H,17,18,21). The van der Waals surface area contributed by atoms with E-state index in [0.29, 0.717) is 26.5 Å². The maximum atomic E-state index is 12.2. The van der Waals surface area contributed by atoms with Gasteiger partial charge >= 0.3 is 0 Å². The molecule has 0 fully saturated rings. The van der Waals surface area contributed by atoms with Gasteiger partial charge in [0.15, 0.2) is 5.13 Å². The Morgan fingerprint density at radius 3 is 2.65 bits per heavy atom. The molecule has 4 N–H and O–H groups in total. The van der Waals surface area contributed by atoms with E-state index in [2.05, 4.69) is 47.1 Å². The third-order valence-electron chi connectivity index (χ3n) is 2.94. The number of thiazole rings is 1. The van der Waals surface area contributed by atoms with Crippen LogP contribution in [-0.4, -0.2) is 27.0 Å². The van der Waals surface area contributed by atoms with Crippen molar-refractivity contribution in [2.75, 3.05) is 5.32 Å². The Hall–Kier alpha value is -1.75. The molecule has 0 atom stereocenters. The van der Waals surface area contributed by atoms with Gasteiger partial charge in [-0.1, -0.05) is 11.3 Å². The van der Waals surface area contributed by atoms with Crippen molar-refractivity contribution in [3.05, 3.63) is 44.6 Å². The van der Waals surface area contributed by atoms with Crippen LogP contribution < -0.4 is 10.8 Å². The van der Waals surface area contributed by atoms with Gasteiger partial charge in [-0.25, -0.2) is 10.5 Å². The first-order valence-electron chi connectivity index (χ1n) is 6.18. The number of rotatable bonds is 3. The minimum Gasteiger partial charge on any atom is -0.344 e. The summed E-state index contributed by atoms with van der Waals surface area (Å²) >= 11 is 7.80. The number of hydrogen-bond acceptors (Lipinski definition) is 5. The molecule has 118 valence electrons. The summed E-state index contributed by atoms with van der Waals surface area (Å²) in [6.45, 7) is 0. The van der Waals surface area contributed by atoms with Gasteiger partial charge in [-0.15, -0.1) is 0 Å². The zero-order valence-electron chi connectivity index (χ0n) is 11.2. The average molecular weight is 460 g/mol. The molecule has 2 heterocycles. The summed E-state index contributed by atoms with van der Waals surface area (Å²) < 4.78 is 2.13. The Morgan fingerprint density at radius 1 is 1.22 bits per heavy atom. The van der Waals surface area contributed by atoms with Crippen LogP contribution in [0.2, 0.25) is 0 Å². The highest BCUT2D eigenvalue weighted by Gasteiger charge is 2.14. The lowest BCUT2D eigenvalue weighted by atomic mass is 10.2. The largest absolute Gasteiger partial charge is 0.344 e. The number of benzene rings is 1. The molecule has 0 saturated heterocycles. The van der Waals surface area contributed by atoms with Gasteiger partial charge in [0.1, 0.15) is 5.69 Å². The zero-order valence-corrected chi connectivity index (χ0v) is 15.2. The second-order valence-electron chi connectivity index (χ2n) is 4.44. The molecule has 0 aliphatic carbocycles. The van der Waals surface area contributed by atoms with Crippen LogP contribution in [0.5, 0.6) is 0 Å². The normalized spacial score (nSPS) is 10.7. The number of carbonyl (C=O) groups excluding carboxylic acids is 2. The number of amides is 2. The lowest BCUT2D eigenvalue weighted by Gasteiger charge is -1.97. The molecule has 0 aliphatic heterocycles. The SMILES string of the molecule is O=C(NO)c1ccc2nc(NC(=O)c3cc(Br)c(Br)[nH]3)sc2c1. The van der Waals surface area contributed by atoms with E-state index in [1.807, 2.05) is 0 Å². The molecule has 0 unspecified atom stereocenters. The Morgan fingerprint density at radius 2 is 2.00 bits per heavy atom. The van der Waals surface area contributed by atoms with Gasteiger partial charge in [0.25, 0.3) is 11.8 Å². The van der Waals surface area contributed by atoms with Gasteiger partial charge < -0.3 is 4.98 Å². The molecular formula is C13H8Br2N4O3S. The summed E-state index contributed by atoms with van der Waals surface area (Å²) in [5.74, 6) is -0.934. The van der Waals surface area contributed by atoms with Gasteiger partial charge in [-0.3, -0.25) is 20.1 Å². The number of hydrogen-bond donors (Lipinski definition) is 4. The Bertz CT molecular complexity index is 902. The topological polar surface area (TPSA) is 107 Å². The summed E-state index contributed by atoms with van der Waals surface area (Å²) in [7, 11) is 0. The molecule has 2 amide bonds. The fraction of sp³-hybridized carbons (Fsp3) is 0. The van der Waals surface area contributed by atoms with E-state index in [0.717, 1.165) is 9.17 Å². The van der Waals surface area contributed by atoms with Crippen LogP contribution in [0.4, 0.5) is 5.13 Å². The number of fused-ring (bicyclic) bond motifs is 1. The highest BCUT2D eigenvalue weighted by atomic mass is 79.9. The summed E-state index contributed by atoms with van der Waals surface area (Å²) in [5.41, 5.74) is 2.91. The molecule has 1 aromatic carbocycles. The molecule has 23 heavy (non-hydrogen) atoms. The molecule has 7 nitrogen and oxygen atoms in total. The maximum absolute atomic E-state index is 12.2. The van der Waals surface area contributed by atoms with E-state index in [1.54, 1.807) is 29.7 Å². The average Bonchev–Trinajstić information content (AvgIpc) is 3.08. The van der Waals surface area contributed by atoms with Crippen molar-refractivity contribution in [3.8, 4) is 0 Å². The van der Waals surface area contributed by atoms with E-state index >= 15 is 0 Å². The van der Waals surface area contributed by atoms with Crippen LogP contribution in [0.15, 0.2) is 33.3 Å².